The molecule has 2 rings (SSSR count). The van der Waals surface area contributed by atoms with Crippen LogP contribution in [0.5, 0.6) is 0 Å². The molecule has 2 aromatic rings. The van der Waals surface area contributed by atoms with Gasteiger partial charge in [0.15, 0.2) is 0 Å². The minimum atomic E-state index is -3.55. The Morgan fingerprint density at radius 3 is 2.28 bits per heavy atom. The zero-order valence-corrected chi connectivity index (χ0v) is 23.8. The van der Waals surface area contributed by atoms with Crippen LogP contribution in [0, 0.1) is 6.92 Å². The van der Waals surface area contributed by atoms with Crippen LogP contribution in [-0.4, -0.2) is 50.0 Å². The number of anilines is 1. The third-order valence-corrected chi connectivity index (χ3v) is 7.61. The summed E-state index contributed by atoms with van der Waals surface area (Å²) >= 11 is 12.2. The minimum absolute atomic E-state index is 0.0741. The summed E-state index contributed by atoms with van der Waals surface area (Å²) in [6.45, 7) is 7.74. The summed E-state index contributed by atoms with van der Waals surface area (Å²) < 4.78 is 26.3. The van der Waals surface area contributed by atoms with Crippen molar-refractivity contribution >= 4 is 50.7 Å². The van der Waals surface area contributed by atoms with E-state index in [0.717, 1.165) is 17.4 Å². The summed E-state index contributed by atoms with van der Waals surface area (Å²) in [5, 5.41) is 3.66. The van der Waals surface area contributed by atoms with Gasteiger partial charge >= 0.3 is 0 Å². The molecule has 10 heteroatoms. The molecule has 0 aliphatic rings. The molecule has 0 aliphatic heterocycles. The molecule has 0 aliphatic carbocycles. The van der Waals surface area contributed by atoms with E-state index in [1.165, 1.54) is 9.21 Å². The summed E-state index contributed by atoms with van der Waals surface area (Å²) in [6, 6.07) is 11.6. The van der Waals surface area contributed by atoms with E-state index < -0.39 is 16.1 Å². The molecule has 0 spiro atoms. The number of aryl methyl sites for hydroxylation is 1. The average Bonchev–Trinajstić information content (AvgIpc) is 2.78. The van der Waals surface area contributed by atoms with Crippen molar-refractivity contribution in [2.75, 3.05) is 17.1 Å². The Morgan fingerprint density at radius 2 is 1.72 bits per heavy atom. The first-order valence-electron chi connectivity index (χ1n) is 11.9. The minimum Gasteiger partial charge on any atom is -0.352 e. The average molecular weight is 557 g/mol. The number of benzene rings is 2. The van der Waals surface area contributed by atoms with Crippen molar-refractivity contribution < 1.29 is 18.0 Å². The lowest BCUT2D eigenvalue weighted by Gasteiger charge is -2.32. The number of hydrogen-bond donors (Lipinski definition) is 1. The van der Waals surface area contributed by atoms with Crippen molar-refractivity contribution in [3.63, 3.8) is 0 Å². The molecule has 0 fully saturated rings. The van der Waals surface area contributed by atoms with Gasteiger partial charge in [-0.3, -0.25) is 13.9 Å². The highest BCUT2D eigenvalue weighted by atomic mass is 35.5. The van der Waals surface area contributed by atoms with E-state index in [2.05, 4.69) is 5.32 Å². The fourth-order valence-corrected chi connectivity index (χ4v) is 5.30. The van der Waals surface area contributed by atoms with Gasteiger partial charge in [-0.25, -0.2) is 8.42 Å². The van der Waals surface area contributed by atoms with E-state index in [4.69, 9.17) is 23.2 Å². The molecule has 2 aromatic carbocycles. The lowest BCUT2D eigenvalue weighted by atomic mass is 10.1. The van der Waals surface area contributed by atoms with Crippen molar-refractivity contribution in [1.29, 1.82) is 0 Å². The standard InChI is InChI=1S/C26H35Cl2N3O4S/c1-6-23(26(33)29-18(2)3)30(17-20-13-14-21(27)22(28)16-20)25(32)12-9-15-31(36(5,34)35)24-11-8-7-10-19(24)4/h7-8,10-11,13-14,16,18,23H,6,9,12,15,17H2,1-5H3,(H,29,33). The first-order valence-corrected chi connectivity index (χ1v) is 14.5. The molecular weight excluding hydrogens is 521 g/mol. The van der Waals surface area contributed by atoms with Crippen LogP contribution in [-0.2, 0) is 26.2 Å². The number of rotatable bonds is 12. The molecule has 0 heterocycles. The van der Waals surface area contributed by atoms with Gasteiger partial charge in [0, 0.05) is 25.6 Å². The second-order valence-corrected chi connectivity index (χ2v) is 11.8. The number of sulfonamides is 1. The van der Waals surface area contributed by atoms with Gasteiger partial charge in [0.25, 0.3) is 0 Å². The Kier molecular flexibility index (Phi) is 11.1. The van der Waals surface area contributed by atoms with Gasteiger partial charge in [-0.2, -0.15) is 0 Å². The van der Waals surface area contributed by atoms with E-state index in [0.29, 0.717) is 28.6 Å². The number of hydrogen-bond acceptors (Lipinski definition) is 4. The van der Waals surface area contributed by atoms with Gasteiger partial charge < -0.3 is 10.2 Å². The first kappa shape index (κ1) is 29.9. The quantitative estimate of drug-likeness (QED) is 0.391. The molecular formula is C26H35Cl2N3O4S. The van der Waals surface area contributed by atoms with Crippen LogP contribution in [0.25, 0.3) is 0 Å². The molecule has 7 nitrogen and oxygen atoms in total. The molecule has 36 heavy (non-hydrogen) atoms. The molecule has 1 N–H and O–H groups in total. The van der Waals surface area contributed by atoms with Crippen molar-refractivity contribution in [2.45, 2.75) is 65.6 Å². The molecule has 0 saturated heterocycles. The SMILES string of the molecule is CCC(C(=O)NC(C)C)N(Cc1ccc(Cl)c(Cl)c1)C(=O)CCCN(c1ccccc1C)S(C)(=O)=O. The van der Waals surface area contributed by atoms with Crippen molar-refractivity contribution in [3.8, 4) is 0 Å². The van der Waals surface area contributed by atoms with Crippen LogP contribution in [0.3, 0.4) is 0 Å². The Hall–Kier alpha value is -2.29. The van der Waals surface area contributed by atoms with E-state index in [1.54, 1.807) is 30.3 Å². The summed E-state index contributed by atoms with van der Waals surface area (Å²) in [7, 11) is -3.55. The second kappa shape index (κ2) is 13.3. The van der Waals surface area contributed by atoms with Crippen LogP contribution in [0.4, 0.5) is 5.69 Å². The summed E-state index contributed by atoms with van der Waals surface area (Å²) in [5.74, 6) is -0.483. The second-order valence-electron chi connectivity index (χ2n) is 9.08. The largest absolute Gasteiger partial charge is 0.352 e. The highest BCUT2D eigenvalue weighted by Crippen LogP contribution is 2.25. The fraction of sp³-hybridized carbons (Fsp3) is 0.462. The molecule has 0 bridgehead atoms. The van der Waals surface area contributed by atoms with Crippen molar-refractivity contribution in [3.05, 3.63) is 63.6 Å². The number of nitrogens with one attached hydrogen (secondary N) is 1. The van der Waals surface area contributed by atoms with E-state index in [9.17, 15) is 18.0 Å². The van der Waals surface area contributed by atoms with Crippen LogP contribution >= 0.6 is 23.2 Å². The summed E-state index contributed by atoms with van der Waals surface area (Å²) in [6.07, 6.45) is 1.94. The van der Waals surface area contributed by atoms with Crippen molar-refractivity contribution in [1.82, 2.24) is 10.2 Å². The molecule has 0 radical (unpaired) electrons. The van der Waals surface area contributed by atoms with Gasteiger partial charge in [0.2, 0.25) is 21.8 Å². The molecule has 0 saturated carbocycles. The third kappa shape index (κ3) is 8.39. The number of para-hydroxylation sites is 1. The Bertz CT molecular complexity index is 1170. The highest BCUT2D eigenvalue weighted by molar-refractivity contribution is 7.92. The van der Waals surface area contributed by atoms with Gasteiger partial charge in [-0.05, 0) is 62.9 Å². The van der Waals surface area contributed by atoms with E-state index in [-0.39, 0.29) is 37.4 Å². The molecule has 1 atom stereocenters. The molecule has 2 amide bonds. The lowest BCUT2D eigenvalue weighted by Crippen LogP contribution is -2.50. The smallest absolute Gasteiger partial charge is 0.243 e. The van der Waals surface area contributed by atoms with Crippen LogP contribution in [0.1, 0.15) is 51.2 Å². The number of carbonyl (C=O) groups excluding carboxylic acids is 2. The lowest BCUT2D eigenvalue weighted by molar-refractivity contribution is -0.141. The number of nitrogens with zero attached hydrogens (tertiary/aromatic N) is 2. The Morgan fingerprint density at radius 1 is 1.06 bits per heavy atom. The summed E-state index contributed by atoms with van der Waals surface area (Å²) in [4.78, 5) is 27.9. The van der Waals surface area contributed by atoms with E-state index in [1.807, 2.05) is 39.8 Å². The number of halogens is 2. The van der Waals surface area contributed by atoms with Gasteiger partial charge in [-0.15, -0.1) is 0 Å². The van der Waals surface area contributed by atoms with Gasteiger partial charge in [0.05, 0.1) is 22.0 Å². The van der Waals surface area contributed by atoms with Crippen molar-refractivity contribution in [2.24, 2.45) is 0 Å². The number of amides is 2. The monoisotopic (exact) mass is 555 g/mol. The topological polar surface area (TPSA) is 86.8 Å². The van der Waals surface area contributed by atoms with Crippen LogP contribution < -0.4 is 9.62 Å². The number of carbonyl (C=O) groups is 2. The Balaban J connectivity index is 2.26. The molecule has 198 valence electrons. The first-order chi connectivity index (χ1) is 16.8. The highest BCUT2D eigenvalue weighted by Gasteiger charge is 2.29. The predicted molar refractivity (Wildman–Crippen MR) is 147 cm³/mol. The molecule has 0 aromatic heterocycles. The maximum absolute atomic E-state index is 13.4. The van der Waals surface area contributed by atoms with Crippen LogP contribution in [0.2, 0.25) is 10.0 Å². The normalized spacial score (nSPS) is 12.3. The maximum atomic E-state index is 13.4. The van der Waals surface area contributed by atoms with Crippen LogP contribution in [0.15, 0.2) is 42.5 Å². The Labute approximate surface area is 224 Å². The zero-order valence-electron chi connectivity index (χ0n) is 21.4. The maximum Gasteiger partial charge on any atom is 0.243 e. The zero-order chi connectivity index (χ0) is 27.0. The van der Waals surface area contributed by atoms with Gasteiger partial charge in [-0.1, -0.05) is 54.4 Å². The predicted octanol–water partition coefficient (Wildman–Crippen LogP) is 5.18. The molecule has 1 unspecified atom stereocenters. The summed E-state index contributed by atoms with van der Waals surface area (Å²) in [5.41, 5.74) is 2.15. The van der Waals surface area contributed by atoms with E-state index >= 15 is 0 Å². The third-order valence-electron chi connectivity index (χ3n) is 5.69. The fourth-order valence-electron chi connectivity index (χ4n) is 3.96. The van der Waals surface area contributed by atoms with Gasteiger partial charge in [0.1, 0.15) is 6.04 Å².